The van der Waals surface area contributed by atoms with Crippen LogP contribution in [-0.4, -0.2) is 60.3 Å². The van der Waals surface area contributed by atoms with Crippen LogP contribution in [0.1, 0.15) is 37.8 Å². The average Bonchev–Trinajstić information content (AvgIpc) is 2.82. The first-order chi connectivity index (χ1) is 16.0. The third-order valence-corrected chi connectivity index (χ3v) is 6.35. The highest BCUT2D eigenvalue weighted by molar-refractivity contribution is 5.74. The SMILES string of the molecule is CC(C)Oc1ccc(CNC(=O)N(Cc2ccc(F)cc2)[C@@H]2CCN3CCOC[C@@H]3C2)cc1. The lowest BCUT2D eigenvalue weighted by Crippen LogP contribution is -2.56. The number of amides is 2. The number of benzene rings is 2. The molecule has 2 aromatic carbocycles. The van der Waals surface area contributed by atoms with E-state index in [0.717, 1.165) is 49.4 Å². The van der Waals surface area contributed by atoms with Crippen LogP contribution >= 0.6 is 0 Å². The van der Waals surface area contributed by atoms with Crippen LogP contribution in [0.5, 0.6) is 5.75 Å². The Kier molecular flexibility index (Phi) is 7.83. The molecule has 0 spiro atoms. The van der Waals surface area contributed by atoms with Crippen molar-refractivity contribution >= 4 is 6.03 Å². The minimum Gasteiger partial charge on any atom is -0.491 e. The fourth-order valence-corrected chi connectivity index (χ4v) is 4.62. The Balaban J connectivity index is 1.42. The van der Waals surface area contributed by atoms with E-state index in [2.05, 4.69) is 10.2 Å². The van der Waals surface area contributed by atoms with Crippen LogP contribution in [0.25, 0.3) is 0 Å². The van der Waals surface area contributed by atoms with E-state index < -0.39 is 0 Å². The molecule has 0 unspecified atom stereocenters. The quantitative estimate of drug-likeness (QED) is 0.680. The van der Waals surface area contributed by atoms with E-state index in [1.54, 1.807) is 12.1 Å². The Hall–Kier alpha value is -2.64. The van der Waals surface area contributed by atoms with Gasteiger partial charge in [0.1, 0.15) is 11.6 Å². The summed E-state index contributed by atoms with van der Waals surface area (Å²) < 4.78 is 24.8. The predicted molar refractivity (Wildman–Crippen MR) is 126 cm³/mol. The van der Waals surface area contributed by atoms with Crippen molar-refractivity contribution in [1.29, 1.82) is 0 Å². The minimum atomic E-state index is -0.271. The Morgan fingerprint density at radius 3 is 2.61 bits per heavy atom. The standard InChI is InChI=1S/C26H34FN3O3/c1-19(2)33-25-9-5-20(6-10-25)16-28-26(31)30(17-21-3-7-22(27)8-4-21)23-11-12-29-13-14-32-18-24(29)15-23/h3-10,19,23-24H,11-18H2,1-2H3,(H,28,31)/t23-,24+/m1/s1. The molecule has 2 heterocycles. The highest BCUT2D eigenvalue weighted by Crippen LogP contribution is 2.26. The number of carbonyl (C=O) groups is 1. The monoisotopic (exact) mass is 455 g/mol. The first-order valence-electron chi connectivity index (χ1n) is 11.8. The molecular formula is C26H34FN3O3. The molecule has 0 aromatic heterocycles. The first kappa shape index (κ1) is 23.5. The molecule has 33 heavy (non-hydrogen) atoms. The smallest absolute Gasteiger partial charge is 0.318 e. The summed E-state index contributed by atoms with van der Waals surface area (Å²) >= 11 is 0. The maximum Gasteiger partial charge on any atom is 0.318 e. The summed E-state index contributed by atoms with van der Waals surface area (Å²) in [5.74, 6) is 0.548. The van der Waals surface area contributed by atoms with Gasteiger partial charge in [0.2, 0.25) is 0 Å². The summed E-state index contributed by atoms with van der Waals surface area (Å²) in [5.41, 5.74) is 1.93. The van der Waals surface area contributed by atoms with Crippen molar-refractivity contribution in [3.05, 3.63) is 65.5 Å². The summed E-state index contributed by atoms with van der Waals surface area (Å²) in [6.45, 7) is 8.29. The molecule has 2 fully saturated rings. The number of ether oxygens (including phenoxy) is 2. The van der Waals surface area contributed by atoms with E-state index in [1.165, 1.54) is 12.1 Å². The molecule has 7 heteroatoms. The number of piperidine rings is 1. The zero-order valence-corrected chi connectivity index (χ0v) is 19.5. The number of hydrogen-bond acceptors (Lipinski definition) is 4. The lowest BCUT2D eigenvalue weighted by atomic mass is 9.95. The van der Waals surface area contributed by atoms with Crippen molar-refractivity contribution in [3.8, 4) is 5.75 Å². The molecule has 178 valence electrons. The minimum absolute atomic E-state index is 0.1000. The number of nitrogens with zero attached hydrogens (tertiary/aromatic N) is 2. The Morgan fingerprint density at radius 1 is 1.15 bits per heavy atom. The molecule has 0 aliphatic carbocycles. The Bertz CT molecular complexity index is 904. The third kappa shape index (κ3) is 6.45. The number of nitrogens with one attached hydrogen (secondary N) is 1. The molecule has 2 aliphatic rings. The van der Waals surface area contributed by atoms with Crippen LogP contribution in [-0.2, 0) is 17.8 Å². The van der Waals surface area contributed by atoms with Crippen molar-refractivity contribution in [1.82, 2.24) is 15.1 Å². The molecular weight excluding hydrogens is 421 g/mol. The lowest BCUT2D eigenvalue weighted by molar-refractivity contribution is -0.0398. The van der Waals surface area contributed by atoms with Gasteiger partial charge in [-0.15, -0.1) is 0 Å². The maximum atomic E-state index is 13.4. The number of halogens is 1. The van der Waals surface area contributed by atoms with Gasteiger partial charge in [-0.3, -0.25) is 4.90 Å². The maximum absolute atomic E-state index is 13.4. The highest BCUT2D eigenvalue weighted by atomic mass is 19.1. The molecule has 4 rings (SSSR count). The van der Waals surface area contributed by atoms with Gasteiger partial charge in [-0.2, -0.15) is 0 Å². The fourth-order valence-electron chi connectivity index (χ4n) is 4.62. The molecule has 1 N–H and O–H groups in total. The molecule has 0 bridgehead atoms. The van der Waals surface area contributed by atoms with Gasteiger partial charge in [-0.05, 0) is 62.1 Å². The van der Waals surface area contributed by atoms with Gasteiger partial charge < -0.3 is 19.7 Å². The van der Waals surface area contributed by atoms with Crippen molar-refractivity contribution in [3.63, 3.8) is 0 Å². The average molecular weight is 456 g/mol. The molecule has 2 aromatic rings. The first-order valence-corrected chi connectivity index (χ1v) is 11.8. The molecule has 2 aliphatic heterocycles. The Labute approximate surface area is 195 Å². The van der Waals surface area contributed by atoms with Gasteiger partial charge in [0, 0.05) is 38.3 Å². The van der Waals surface area contributed by atoms with Gasteiger partial charge in [-0.1, -0.05) is 24.3 Å². The summed E-state index contributed by atoms with van der Waals surface area (Å²) in [5, 5.41) is 3.09. The summed E-state index contributed by atoms with van der Waals surface area (Å²) in [4.78, 5) is 17.7. The third-order valence-electron chi connectivity index (χ3n) is 6.35. The number of carbonyl (C=O) groups excluding carboxylic acids is 1. The van der Waals surface area contributed by atoms with E-state index in [0.29, 0.717) is 25.7 Å². The molecule has 0 radical (unpaired) electrons. The van der Waals surface area contributed by atoms with Gasteiger partial charge in [-0.25, -0.2) is 9.18 Å². The summed E-state index contributed by atoms with van der Waals surface area (Å²) in [6, 6.07) is 14.6. The van der Waals surface area contributed by atoms with E-state index in [9.17, 15) is 9.18 Å². The van der Waals surface area contributed by atoms with E-state index in [4.69, 9.17) is 9.47 Å². The fraction of sp³-hybridized carbons (Fsp3) is 0.500. The summed E-state index contributed by atoms with van der Waals surface area (Å²) in [6.07, 6.45) is 1.93. The second kappa shape index (κ2) is 11.0. The van der Waals surface area contributed by atoms with Crippen molar-refractivity contribution in [2.24, 2.45) is 0 Å². The largest absolute Gasteiger partial charge is 0.491 e. The number of rotatable bonds is 7. The normalized spacial score (nSPS) is 20.8. The number of urea groups is 1. The van der Waals surface area contributed by atoms with Crippen molar-refractivity contribution in [2.75, 3.05) is 26.3 Å². The molecule has 2 atom stereocenters. The van der Waals surface area contributed by atoms with E-state index in [-0.39, 0.29) is 24.0 Å². The molecule has 6 nitrogen and oxygen atoms in total. The number of hydrogen-bond donors (Lipinski definition) is 1. The topological polar surface area (TPSA) is 54.0 Å². The second-order valence-electron chi connectivity index (χ2n) is 9.17. The van der Waals surface area contributed by atoms with Crippen LogP contribution < -0.4 is 10.1 Å². The lowest BCUT2D eigenvalue weighted by Gasteiger charge is -2.45. The van der Waals surface area contributed by atoms with Crippen LogP contribution in [0.2, 0.25) is 0 Å². The molecule has 2 amide bonds. The number of morpholine rings is 1. The highest BCUT2D eigenvalue weighted by Gasteiger charge is 2.35. The van der Waals surface area contributed by atoms with Gasteiger partial charge >= 0.3 is 6.03 Å². The molecule has 2 saturated heterocycles. The van der Waals surface area contributed by atoms with Gasteiger partial charge in [0.05, 0.1) is 19.3 Å². The van der Waals surface area contributed by atoms with Crippen molar-refractivity contribution in [2.45, 2.75) is 58.0 Å². The van der Waals surface area contributed by atoms with Crippen molar-refractivity contribution < 1.29 is 18.7 Å². The van der Waals surface area contributed by atoms with Crippen LogP contribution in [0.3, 0.4) is 0 Å². The predicted octanol–water partition coefficient (Wildman–Crippen LogP) is 4.19. The van der Waals surface area contributed by atoms with E-state index >= 15 is 0 Å². The van der Waals surface area contributed by atoms with Crippen LogP contribution in [0.4, 0.5) is 9.18 Å². The van der Waals surface area contributed by atoms with Crippen LogP contribution in [0.15, 0.2) is 48.5 Å². The Morgan fingerprint density at radius 2 is 1.88 bits per heavy atom. The number of fused-ring (bicyclic) bond motifs is 1. The second-order valence-corrected chi connectivity index (χ2v) is 9.17. The molecule has 0 saturated carbocycles. The van der Waals surface area contributed by atoms with Crippen LogP contribution in [0, 0.1) is 5.82 Å². The zero-order chi connectivity index (χ0) is 23.2. The van der Waals surface area contributed by atoms with Gasteiger partial charge in [0.15, 0.2) is 0 Å². The van der Waals surface area contributed by atoms with E-state index in [1.807, 2.05) is 43.0 Å². The zero-order valence-electron chi connectivity index (χ0n) is 19.5. The van der Waals surface area contributed by atoms with Gasteiger partial charge in [0.25, 0.3) is 0 Å². The summed E-state index contributed by atoms with van der Waals surface area (Å²) in [7, 11) is 0.